The highest BCUT2D eigenvalue weighted by atomic mass is 16.6. The Morgan fingerprint density at radius 1 is 1.38 bits per heavy atom. The van der Waals surface area contributed by atoms with Crippen LogP contribution in [0.3, 0.4) is 0 Å². The van der Waals surface area contributed by atoms with Gasteiger partial charge in [0, 0.05) is 6.92 Å². The Kier molecular flexibility index (Phi) is 2.23. The number of ether oxygens (including phenoxy) is 3. The monoisotopic (exact) mass is 187 g/mol. The van der Waals surface area contributed by atoms with Gasteiger partial charge in [0.15, 0.2) is 6.10 Å². The molecule has 2 N–H and O–H groups in total. The Balaban J connectivity index is 1.98. The van der Waals surface area contributed by atoms with E-state index in [0.717, 1.165) is 0 Å². The maximum Gasteiger partial charge on any atom is 0.303 e. The van der Waals surface area contributed by atoms with Gasteiger partial charge in [-0.3, -0.25) is 4.79 Å². The molecule has 0 radical (unpaired) electrons. The van der Waals surface area contributed by atoms with Crippen LogP contribution >= 0.6 is 0 Å². The van der Waals surface area contributed by atoms with E-state index in [1.54, 1.807) is 0 Å². The maximum atomic E-state index is 10.7. The molecule has 4 unspecified atom stereocenters. The summed E-state index contributed by atoms with van der Waals surface area (Å²) in [4.78, 5) is 10.7. The first-order valence-electron chi connectivity index (χ1n) is 4.34. The van der Waals surface area contributed by atoms with Gasteiger partial charge in [0.1, 0.15) is 12.2 Å². The van der Waals surface area contributed by atoms with Gasteiger partial charge < -0.3 is 19.9 Å². The van der Waals surface area contributed by atoms with Crippen LogP contribution in [0, 0.1) is 0 Å². The molecule has 5 nitrogen and oxygen atoms in total. The molecule has 0 amide bonds. The number of hydrogen-bond donors (Lipinski definition) is 1. The van der Waals surface area contributed by atoms with Crippen LogP contribution in [0.5, 0.6) is 0 Å². The first kappa shape index (κ1) is 8.93. The number of carbonyl (C=O) groups is 1. The normalized spacial score (nSPS) is 43.2. The third-order valence-corrected chi connectivity index (χ3v) is 2.36. The summed E-state index contributed by atoms with van der Waals surface area (Å²) >= 11 is 0. The molecule has 74 valence electrons. The molecule has 0 saturated carbocycles. The van der Waals surface area contributed by atoms with Crippen LogP contribution < -0.4 is 5.73 Å². The van der Waals surface area contributed by atoms with Crippen LogP contribution in [-0.4, -0.2) is 43.5 Å². The maximum absolute atomic E-state index is 10.7. The fraction of sp³-hybridized carbons (Fsp3) is 0.875. The second-order valence-corrected chi connectivity index (χ2v) is 3.41. The summed E-state index contributed by atoms with van der Waals surface area (Å²) in [6.45, 7) is 2.25. The third-order valence-electron chi connectivity index (χ3n) is 2.36. The molecule has 0 aliphatic carbocycles. The lowest BCUT2D eigenvalue weighted by atomic mass is 10.1. The van der Waals surface area contributed by atoms with Crippen LogP contribution in [0.2, 0.25) is 0 Å². The highest BCUT2D eigenvalue weighted by Crippen LogP contribution is 2.27. The zero-order chi connectivity index (χ0) is 9.42. The first-order chi connectivity index (χ1) is 6.18. The van der Waals surface area contributed by atoms with Gasteiger partial charge in [0.25, 0.3) is 0 Å². The number of esters is 1. The fourth-order valence-corrected chi connectivity index (χ4v) is 1.81. The van der Waals surface area contributed by atoms with Gasteiger partial charge in [-0.05, 0) is 0 Å². The molecule has 0 bridgehead atoms. The molecule has 0 aromatic carbocycles. The highest BCUT2D eigenvalue weighted by molar-refractivity contribution is 5.66. The van der Waals surface area contributed by atoms with Crippen molar-refractivity contribution >= 4 is 5.97 Å². The Hall–Kier alpha value is -0.650. The van der Waals surface area contributed by atoms with Crippen LogP contribution in [0.1, 0.15) is 6.92 Å². The summed E-state index contributed by atoms with van der Waals surface area (Å²) in [5.41, 5.74) is 5.72. The van der Waals surface area contributed by atoms with E-state index in [4.69, 9.17) is 19.9 Å². The van der Waals surface area contributed by atoms with Gasteiger partial charge in [-0.1, -0.05) is 0 Å². The Morgan fingerprint density at radius 3 is 2.77 bits per heavy atom. The molecular weight excluding hydrogens is 174 g/mol. The predicted molar refractivity (Wildman–Crippen MR) is 43.0 cm³/mol. The SMILES string of the molecule is CC(=O)OC1COC2C(N)COC12. The summed E-state index contributed by atoms with van der Waals surface area (Å²) < 4.78 is 15.8. The van der Waals surface area contributed by atoms with Crippen molar-refractivity contribution in [2.75, 3.05) is 13.2 Å². The molecule has 2 fully saturated rings. The smallest absolute Gasteiger partial charge is 0.303 e. The van der Waals surface area contributed by atoms with Crippen LogP contribution in [0.15, 0.2) is 0 Å². The van der Waals surface area contributed by atoms with E-state index in [-0.39, 0.29) is 30.3 Å². The lowest BCUT2D eigenvalue weighted by molar-refractivity contribution is -0.150. The van der Waals surface area contributed by atoms with Crippen molar-refractivity contribution in [2.24, 2.45) is 5.73 Å². The van der Waals surface area contributed by atoms with Crippen molar-refractivity contribution in [1.82, 2.24) is 0 Å². The summed E-state index contributed by atoms with van der Waals surface area (Å²) in [5.74, 6) is -0.307. The molecule has 2 saturated heterocycles. The molecule has 0 aromatic rings. The van der Waals surface area contributed by atoms with Gasteiger partial charge in [-0.15, -0.1) is 0 Å². The van der Waals surface area contributed by atoms with E-state index in [2.05, 4.69) is 0 Å². The van der Waals surface area contributed by atoms with E-state index in [1.807, 2.05) is 0 Å². The Morgan fingerprint density at radius 2 is 2.08 bits per heavy atom. The molecular formula is C8H13NO4. The second kappa shape index (κ2) is 3.25. The molecule has 2 aliphatic rings. The van der Waals surface area contributed by atoms with Crippen LogP contribution in [-0.2, 0) is 19.0 Å². The summed E-state index contributed by atoms with van der Waals surface area (Å²) in [6, 6.07) is -0.0921. The summed E-state index contributed by atoms with van der Waals surface area (Å²) in [5, 5.41) is 0. The van der Waals surface area contributed by atoms with Crippen molar-refractivity contribution in [3.63, 3.8) is 0 Å². The second-order valence-electron chi connectivity index (χ2n) is 3.41. The molecule has 4 atom stereocenters. The molecule has 2 heterocycles. The fourth-order valence-electron chi connectivity index (χ4n) is 1.81. The average Bonchev–Trinajstić information content (AvgIpc) is 2.56. The molecule has 0 spiro atoms. The Labute approximate surface area is 76.1 Å². The third kappa shape index (κ3) is 1.54. The largest absolute Gasteiger partial charge is 0.457 e. The Bertz CT molecular complexity index is 220. The zero-order valence-electron chi connectivity index (χ0n) is 7.43. The van der Waals surface area contributed by atoms with E-state index in [0.29, 0.717) is 13.2 Å². The van der Waals surface area contributed by atoms with Gasteiger partial charge in [-0.2, -0.15) is 0 Å². The van der Waals surface area contributed by atoms with Crippen molar-refractivity contribution in [2.45, 2.75) is 31.3 Å². The van der Waals surface area contributed by atoms with Crippen LogP contribution in [0.25, 0.3) is 0 Å². The van der Waals surface area contributed by atoms with Crippen LogP contribution in [0.4, 0.5) is 0 Å². The molecule has 5 heteroatoms. The highest BCUT2D eigenvalue weighted by Gasteiger charge is 2.47. The van der Waals surface area contributed by atoms with E-state index < -0.39 is 0 Å². The van der Waals surface area contributed by atoms with E-state index >= 15 is 0 Å². The summed E-state index contributed by atoms with van der Waals surface area (Å²) in [7, 11) is 0. The number of carbonyl (C=O) groups excluding carboxylic acids is 1. The first-order valence-corrected chi connectivity index (χ1v) is 4.34. The van der Waals surface area contributed by atoms with Crippen molar-refractivity contribution in [3.8, 4) is 0 Å². The van der Waals surface area contributed by atoms with E-state index in [9.17, 15) is 4.79 Å². The number of fused-ring (bicyclic) bond motifs is 1. The molecule has 13 heavy (non-hydrogen) atoms. The number of hydrogen-bond acceptors (Lipinski definition) is 5. The molecule has 2 rings (SSSR count). The zero-order valence-corrected chi connectivity index (χ0v) is 7.43. The topological polar surface area (TPSA) is 70.8 Å². The number of rotatable bonds is 1. The van der Waals surface area contributed by atoms with Gasteiger partial charge >= 0.3 is 5.97 Å². The average molecular weight is 187 g/mol. The quantitative estimate of drug-likeness (QED) is 0.535. The predicted octanol–water partition coefficient (Wildman–Crippen LogP) is -0.957. The molecule has 0 aromatic heterocycles. The minimum absolute atomic E-state index is 0.0921. The lowest BCUT2D eigenvalue weighted by Gasteiger charge is -2.15. The minimum atomic E-state index is -0.307. The van der Waals surface area contributed by atoms with Crippen molar-refractivity contribution < 1.29 is 19.0 Å². The minimum Gasteiger partial charge on any atom is -0.457 e. The molecule has 2 aliphatic heterocycles. The summed E-state index contributed by atoms with van der Waals surface area (Å²) in [6.07, 6.45) is -0.556. The van der Waals surface area contributed by atoms with Gasteiger partial charge in [0.2, 0.25) is 0 Å². The lowest BCUT2D eigenvalue weighted by Crippen LogP contribution is -2.37. The van der Waals surface area contributed by atoms with Gasteiger partial charge in [0.05, 0.1) is 19.3 Å². The van der Waals surface area contributed by atoms with Crippen molar-refractivity contribution in [1.29, 1.82) is 0 Å². The van der Waals surface area contributed by atoms with E-state index in [1.165, 1.54) is 6.92 Å². The van der Waals surface area contributed by atoms with Gasteiger partial charge in [-0.25, -0.2) is 0 Å². The standard InChI is InChI=1S/C8H13NO4/c1-4(10)13-6-3-12-7-5(9)2-11-8(6)7/h5-8H,2-3,9H2,1H3. The number of nitrogens with two attached hydrogens (primary N) is 1. The van der Waals surface area contributed by atoms with Crippen molar-refractivity contribution in [3.05, 3.63) is 0 Å².